The van der Waals surface area contributed by atoms with Gasteiger partial charge in [0.25, 0.3) is 0 Å². The summed E-state index contributed by atoms with van der Waals surface area (Å²) < 4.78 is 6.20. The SMILES string of the molecule is C[C@H]1OC2(C=C(C#N)C(=O)C(C)(C)C2)c2ccccc21. The van der Waals surface area contributed by atoms with Gasteiger partial charge in [-0.1, -0.05) is 38.1 Å². The Morgan fingerprint density at radius 1 is 1.35 bits per heavy atom. The molecule has 1 aromatic carbocycles. The minimum atomic E-state index is -0.640. The lowest BCUT2D eigenvalue weighted by atomic mass is 9.68. The molecule has 0 saturated heterocycles. The maximum absolute atomic E-state index is 12.3. The molecule has 3 heteroatoms. The zero-order valence-corrected chi connectivity index (χ0v) is 11.9. The fraction of sp³-hybridized carbons (Fsp3) is 0.412. The molecule has 2 atom stereocenters. The molecule has 1 spiro atoms. The Balaban J connectivity index is 2.23. The van der Waals surface area contributed by atoms with Crippen molar-refractivity contribution in [2.24, 2.45) is 5.41 Å². The van der Waals surface area contributed by atoms with E-state index < -0.39 is 11.0 Å². The van der Waals surface area contributed by atoms with E-state index in [0.29, 0.717) is 6.42 Å². The van der Waals surface area contributed by atoms with Crippen LogP contribution in [0, 0.1) is 16.7 Å². The molecule has 0 aromatic heterocycles. The number of fused-ring (bicyclic) bond motifs is 2. The molecule has 1 aromatic rings. The van der Waals surface area contributed by atoms with Crippen molar-refractivity contribution in [2.45, 2.75) is 38.9 Å². The zero-order valence-electron chi connectivity index (χ0n) is 11.9. The highest BCUT2D eigenvalue weighted by molar-refractivity contribution is 6.04. The summed E-state index contributed by atoms with van der Waals surface area (Å²) in [5.74, 6) is -0.0914. The van der Waals surface area contributed by atoms with Crippen molar-refractivity contribution in [3.63, 3.8) is 0 Å². The second-order valence-electron chi connectivity index (χ2n) is 6.30. The van der Waals surface area contributed by atoms with Crippen molar-refractivity contribution < 1.29 is 9.53 Å². The highest BCUT2D eigenvalue weighted by Gasteiger charge is 2.51. The fourth-order valence-corrected chi connectivity index (χ4v) is 3.46. The number of benzene rings is 1. The molecule has 1 aliphatic carbocycles. The quantitative estimate of drug-likeness (QED) is 0.723. The fourth-order valence-electron chi connectivity index (χ4n) is 3.46. The molecule has 2 aliphatic rings. The monoisotopic (exact) mass is 267 g/mol. The third-order valence-corrected chi connectivity index (χ3v) is 4.30. The summed E-state index contributed by atoms with van der Waals surface area (Å²) >= 11 is 0. The Labute approximate surface area is 118 Å². The first-order valence-electron chi connectivity index (χ1n) is 6.85. The zero-order chi connectivity index (χ0) is 14.5. The van der Waals surface area contributed by atoms with E-state index in [2.05, 4.69) is 6.07 Å². The van der Waals surface area contributed by atoms with Gasteiger partial charge in [-0.25, -0.2) is 0 Å². The summed E-state index contributed by atoms with van der Waals surface area (Å²) in [5, 5.41) is 9.26. The molecule has 3 nitrogen and oxygen atoms in total. The van der Waals surface area contributed by atoms with Gasteiger partial charge in [0.15, 0.2) is 5.78 Å². The number of carbonyl (C=O) groups is 1. The van der Waals surface area contributed by atoms with Gasteiger partial charge >= 0.3 is 0 Å². The van der Waals surface area contributed by atoms with Crippen molar-refractivity contribution in [3.05, 3.63) is 47.0 Å². The Hall–Kier alpha value is -1.92. The second-order valence-corrected chi connectivity index (χ2v) is 6.30. The number of nitriles is 1. The van der Waals surface area contributed by atoms with Crippen molar-refractivity contribution in [2.75, 3.05) is 0 Å². The van der Waals surface area contributed by atoms with Gasteiger partial charge in [0.1, 0.15) is 11.7 Å². The third kappa shape index (κ3) is 1.65. The van der Waals surface area contributed by atoms with Crippen LogP contribution in [0.2, 0.25) is 0 Å². The Morgan fingerprint density at radius 3 is 2.75 bits per heavy atom. The van der Waals surface area contributed by atoms with Crippen molar-refractivity contribution in [3.8, 4) is 6.07 Å². The van der Waals surface area contributed by atoms with Crippen LogP contribution >= 0.6 is 0 Å². The van der Waals surface area contributed by atoms with Crippen LogP contribution in [0.3, 0.4) is 0 Å². The van der Waals surface area contributed by atoms with Crippen molar-refractivity contribution in [1.29, 1.82) is 5.26 Å². The summed E-state index contributed by atoms with van der Waals surface area (Å²) in [4.78, 5) is 12.3. The van der Waals surface area contributed by atoms with E-state index in [-0.39, 0.29) is 17.5 Å². The van der Waals surface area contributed by atoms with Gasteiger partial charge in [-0.3, -0.25) is 4.79 Å². The molecule has 0 fully saturated rings. The molecule has 20 heavy (non-hydrogen) atoms. The molecule has 0 N–H and O–H groups in total. The predicted molar refractivity (Wildman–Crippen MR) is 74.7 cm³/mol. The molecule has 1 heterocycles. The average molecular weight is 267 g/mol. The molecular weight excluding hydrogens is 250 g/mol. The number of Topliss-reactive ketones (excluding diaryl/α,β-unsaturated/α-hetero) is 1. The lowest BCUT2D eigenvalue weighted by Gasteiger charge is -2.38. The number of carbonyl (C=O) groups excluding carboxylic acids is 1. The summed E-state index contributed by atoms with van der Waals surface area (Å²) in [6, 6.07) is 10.1. The van der Waals surface area contributed by atoms with E-state index in [4.69, 9.17) is 4.74 Å². The Bertz CT molecular complexity index is 666. The van der Waals surface area contributed by atoms with Gasteiger partial charge in [0, 0.05) is 5.41 Å². The summed E-state index contributed by atoms with van der Waals surface area (Å²) in [6.45, 7) is 5.78. The molecule has 0 saturated carbocycles. The van der Waals surface area contributed by atoms with Gasteiger partial charge in [-0.05, 0) is 30.5 Å². The van der Waals surface area contributed by atoms with Crippen LogP contribution < -0.4 is 0 Å². The van der Waals surface area contributed by atoms with Crippen LogP contribution in [-0.4, -0.2) is 5.78 Å². The maximum Gasteiger partial charge on any atom is 0.178 e. The van der Waals surface area contributed by atoms with E-state index in [0.717, 1.165) is 11.1 Å². The van der Waals surface area contributed by atoms with E-state index in [1.54, 1.807) is 6.08 Å². The molecule has 1 aliphatic heterocycles. The lowest BCUT2D eigenvalue weighted by Crippen LogP contribution is -2.40. The smallest absolute Gasteiger partial charge is 0.178 e. The number of nitrogens with zero attached hydrogens (tertiary/aromatic N) is 1. The minimum absolute atomic E-state index is 0.0219. The maximum atomic E-state index is 12.3. The van der Waals surface area contributed by atoms with E-state index >= 15 is 0 Å². The van der Waals surface area contributed by atoms with Crippen LogP contribution in [0.15, 0.2) is 35.9 Å². The number of hydrogen-bond acceptors (Lipinski definition) is 3. The van der Waals surface area contributed by atoms with Gasteiger partial charge in [0.2, 0.25) is 0 Å². The lowest BCUT2D eigenvalue weighted by molar-refractivity contribution is -0.131. The van der Waals surface area contributed by atoms with E-state index in [1.807, 2.05) is 45.0 Å². The molecule has 0 radical (unpaired) electrons. The molecule has 102 valence electrons. The number of ether oxygens (including phenoxy) is 1. The minimum Gasteiger partial charge on any atom is -0.358 e. The molecule has 1 unspecified atom stereocenters. The van der Waals surface area contributed by atoms with Gasteiger partial charge in [0.05, 0.1) is 11.7 Å². The standard InChI is InChI=1S/C17H17NO2/c1-11-13-6-4-5-7-14(13)17(20-11)8-12(9-18)15(19)16(2,3)10-17/h4-8,11H,10H2,1-3H3/t11-,17?/m1/s1. The third-order valence-electron chi connectivity index (χ3n) is 4.30. The average Bonchev–Trinajstić information content (AvgIpc) is 2.67. The van der Waals surface area contributed by atoms with Crippen LogP contribution in [0.25, 0.3) is 0 Å². The largest absolute Gasteiger partial charge is 0.358 e. The number of ketones is 1. The highest BCUT2D eigenvalue weighted by atomic mass is 16.5. The summed E-state index contributed by atoms with van der Waals surface area (Å²) in [7, 11) is 0. The van der Waals surface area contributed by atoms with Crippen molar-refractivity contribution >= 4 is 5.78 Å². The number of allylic oxidation sites excluding steroid dienone is 1. The van der Waals surface area contributed by atoms with E-state index in [1.165, 1.54) is 0 Å². The van der Waals surface area contributed by atoms with Gasteiger partial charge in [-0.2, -0.15) is 5.26 Å². The van der Waals surface area contributed by atoms with Crippen molar-refractivity contribution in [1.82, 2.24) is 0 Å². The molecule has 3 rings (SSSR count). The Morgan fingerprint density at radius 2 is 2.05 bits per heavy atom. The van der Waals surface area contributed by atoms with Crippen LogP contribution in [0.4, 0.5) is 0 Å². The first kappa shape index (κ1) is 13.1. The number of rotatable bonds is 0. The van der Waals surface area contributed by atoms with Gasteiger partial charge in [-0.15, -0.1) is 0 Å². The summed E-state index contributed by atoms with van der Waals surface area (Å²) in [5.41, 5.74) is 1.22. The first-order valence-corrected chi connectivity index (χ1v) is 6.85. The van der Waals surface area contributed by atoms with Gasteiger partial charge < -0.3 is 4.74 Å². The van der Waals surface area contributed by atoms with Crippen LogP contribution in [0.1, 0.15) is 44.4 Å². The van der Waals surface area contributed by atoms with Crippen LogP contribution in [0.5, 0.6) is 0 Å². The molecule has 0 bridgehead atoms. The first-order chi connectivity index (χ1) is 9.39. The molecular formula is C17H17NO2. The van der Waals surface area contributed by atoms with Crippen LogP contribution in [-0.2, 0) is 15.1 Å². The molecule has 0 amide bonds. The second kappa shape index (κ2) is 4.04. The predicted octanol–water partition coefficient (Wildman–Crippen LogP) is 3.42. The number of hydrogen-bond donors (Lipinski definition) is 0. The topological polar surface area (TPSA) is 50.1 Å². The highest BCUT2D eigenvalue weighted by Crippen LogP contribution is 2.53. The normalized spacial score (nSPS) is 30.8. The van der Waals surface area contributed by atoms with E-state index in [9.17, 15) is 10.1 Å². The summed E-state index contributed by atoms with van der Waals surface area (Å²) in [6.07, 6.45) is 2.28. The Kier molecular flexibility index (Phi) is 2.64.